The Kier molecular flexibility index (Phi) is 5.64. The van der Waals surface area contributed by atoms with E-state index in [4.69, 9.17) is 4.74 Å². The zero-order chi connectivity index (χ0) is 17.9. The monoisotopic (exact) mass is 346 g/mol. The van der Waals surface area contributed by atoms with E-state index in [0.717, 1.165) is 50.1 Å². The molecule has 138 valence electrons. The van der Waals surface area contributed by atoms with Crippen LogP contribution < -0.4 is 10.1 Å². The fourth-order valence-corrected chi connectivity index (χ4v) is 3.96. The molecule has 0 radical (unpaired) electrons. The first-order valence-corrected chi connectivity index (χ1v) is 9.45. The summed E-state index contributed by atoms with van der Waals surface area (Å²) in [4.78, 5) is 15.0. The molecule has 2 aliphatic rings. The molecule has 5 nitrogen and oxygen atoms in total. The number of carbonyl (C=O) groups is 1. The minimum Gasteiger partial charge on any atom is -0.493 e. The number of fused-ring (bicyclic) bond motifs is 1. The Morgan fingerprint density at radius 2 is 2.12 bits per heavy atom. The number of rotatable bonds is 5. The molecule has 0 spiro atoms. The fraction of sp³-hybridized carbons (Fsp3) is 0.650. The van der Waals surface area contributed by atoms with E-state index >= 15 is 0 Å². The molecule has 2 atom stereocenters. The Morgan fingerprint density at radius 3 is 2.80 bits per heavy atom. The van der Waals surface area contributed by atoms with E-state index < -0.39 is 0 Å². The summed E-state index contributed by atoms with van der Waals surface area (Å²) in [5, 5.41) is 12.9. The summed E-state index contributed by atoms with van der Waals surface area (Å²) in [5.74, 6) is 0.954. The Balaban J connectivity index is 1.59. The van der Waals surface area contributed by atoms with Gasteiger partial charge in [0, 0.05) is 18.6 Å². The molecule has 0 saturated carbocycles. The molecular formula is C20H30N2O3. The SMILES string of the molecule is CCC1(CO)CCN(C(C)C(=O)NC2CCOc3ccccc32)CC1. The quantitative estimate of drug-likeness (QED) is 0.860. The molecule has 1 aromatic rings. The predicted octanol–water partition coefficient (Wildman–Crippen LogP) is 2.50. The number of carbonyl (C=O) groups excluding carboxylic acids is 1. The van der Waals surface area contributed by atoms with Crippen molar-refractivity contribution in [1.29, 1.82) is 0 Å². The molecule has 25 heavy (non-hydrogen) atoms. The molecule has 1 amide bonds. The number of hydrogen-bond acceptors (Lipinski definition) is 4. The van der Waals surface area contributed by atoms with Gasteiger partial charge in [-0.15, -0.1) is 0 Å². The summed E-state index contributed by atoms with van der Waals surface area (Å²) in [6.45, 7) is 6.75. The lowest BCUT2D eigenvalue weighted by atomic mass is 9.76. The van der Waals surface area contributed by atoms with Crippen LogP contribution in [0.2, 0.25) is 0 Å². The normalized spacial score (nSPS) is 24.0. The van der Waals surface area contributed by atoms with E-state index in [2.05, 4.69) is 17.1 Å². The molecule has 1 saturated heterocycles. The summed E-state index contributed by atoms with van der Waals surface area (Å²) >= 11 is 0. The number of hydrogen-bond donors (Lipinski definition) is 2. The zero-order valence-corrected chi connectivity index (χ0v) is 15.3. The number of para-hydroxylation sites is 1. The first-order chi connectivity index (χ1) is 12.1. The number of nitrogens with one attached hydrogen (secondary N) is 1. The molecule has 1 aromatic carbocycles. The lowest BCUT2D eigenvalue weighted by Crippen LogP contribution is -2.51. The number of aliphatic hydroxyl groups excluding tert-OH is 1. The van der Waals surface area contributed by atoms with Crippen LogP contribution in [-0.2, 0) is 4.79 Å². The smallest absolute Gasteiger partial charge is 0.237 e. The average Bonchev–Trinajstić information content (AvgIpc) is 2.67. The van der Waals surface area contributed by atoms with Crippen LogP contribution in [0.4, 0.5) is 0 Å². The second kappa shape index (κ2) is 7.75. The molecule has 3 rings (SSSR count). The predicted molar refractivity (Wildman–Crippen MR) is 97.5 cm³/mol. The van der Waals surface area contributed by atoms with Crippen LogP contribution in [0.25, 0.3) is 0 Å². The Morgan fingerprint density at radius 1 is 1.40 bits per heavy atom. The highest BCUT2D eigenvalue weighted by Gasteiger charge is 2.35. The van der Waals surface area contributed by atoms with E-state index in [1.807, 2.05) is 31.2 Å². The number of amides is 1. The van der Waals surface area contributed by atoms with Crippen LogP contribution >= 0.6 is 0 Å². The Bertz CT molecular complexity index is 590. The van der Waals surface area contributed by atoms with Crippen LogP contribution in [0, 0.1) is 5.41 Å². The van der Waals surface area contributed by atoms with Crippen LogP contribution in [0.1, 0.15) is 51.1 Å². The first kappa shape index (κ1) is 18.2. The van der Waals surface area contributed by atoms with E-state index in [-0.39, 0.29) is 30.0 Å². The highest BCUT2D eigenvalue weighted by molar-refractivity contribution is 5.82. The van der Waals surface area contributed by atoms with E-state index in [1.165, 1.54) is 0 Å². The summed E-state index contributed by atoms with van der Waals surface area (Å²) < 4.78 is 5.67. The van der Waals surface area contributed by atoms with E-state index in [9.17, 15) is 9.90 Å². The molecule has 2 heterocycles. The molecule has 2 N–H and O–H groups in total. The van der Waals surface area contributed by atoms with Crippen LogP contribution in [0.15, 0.2) is 24.3 Å². The van der Waals surface area contributed by atoms with Crippen LogP contribution in [0.5, 0.6) is 5.75 Å². The van der Waals surface area contributed by atoms with Gasteiger partial charge in [0.25, 0.3) is 0 Å². The standard InChI is InChI=1S/C20H30N2O3/c1-3-20(14-23)9-11-22(12-10-20)15(2)19(24)21-17-8-13-25-18-7-5-4-6-16(17)18/h4-7,15,17,23H,3,8-14H2,1-2H3,(H,21,24). The maximum absolute atomic E-state index is 12.8. The van der Waals surface area contributed by atoms with Gasteiger partial charge in [0.2, 0.25) is 5.91 Å². The largest absolute Gasteiger partial charge is 0.493 e. The fourth-order valence-electron chi connectivity index (χ4n) is 3.96. The molecule has 0 aromatic heterocycles. The Labute approximate surface area is 150 Å². The van der Waals surface area contributed by atoms with Gasteiger partial charge < -0.3 is 15.2 Å². The van der Waals surface area contributed by atoms with E-state index in [0.29, 0.717) is 6.61 Å². The van der Waals surface area contributed by atoms with Crippen molar-refractivity contribution in [3.8, 4) is 5.75 Å². The van der Waals surface area contributed by atoms with Gasteiger partial charge in [-0.05, 0) is 50.8 Å². The number of nitrogens with zero attached hydrogens (tertiary/aromatic N) is 1. The van der Waals surface area contributed by atoms with Crippen molar-refractivity contribution in [3.63, 3.8) is 0 Å². The molecule has 5 heteroatoms. The molecule has 2 aliphatic heterocycles. The highest BCUT2D eigenvalue weighted by atomic mass is 16.5. The molecule has 0 bridgehead atoms. The van der Waals surface area contributed by atoms with Crippen molar-refractivity contribution in [2.75, 3.05) is 26.3 Å². The number of aliphatic hydroxyl groups is 1. The van der Waals surface area contributed by atoms with Gasteiger partial charge >= 0.3 is 0 Å². The second-order valence-corrected chi connectivity index (χ2v) is 7.46. The van der Waals surface area contributed by atoms with Gasteiger partial charge in [0.15, 0.2) is 0 Å². The number of ether oxygens (including phenoxy) is 1. The minimum absolute atomic E-state index is 0.0249. The van der Waals surface area contributed by atoms with Crippen molar-refractivity contribution >= 4 is 5.91 Å². The average molecular weight is 346 g/mol. The number of piperidine rings is 1. The van der Waals surface area contributed by atoms with Crippen molar-refractivity contribution in [2.45, 2.75) is 51.6 Å². The lowest BCUT2D eigenvalue weighted by molar-refractivity contribution is -0.128. The summed E-state index contributed by atoms with van der Waals surface area (Å²) in [7, 11) is 0. The topological polar surface area (TPSA) is 61.8 Å². The molecule has 0 aliphatic carbocycles. The number of likely N-dealkylation sites (tertiary alicyclic amines) is 1. The van der Waals surface area contributed by atoms with Gasteiger partial charge in [0.1, 0.15) is 5.75 Å². The van der Waals surface area contributed by atoms with Gasteiger partial charge in [-0.1, -0.05) is 25.1 Å². The third-order valence-electron chi connectivity index (χ3n) is 6.15. The number of benzene rings is 1. The molecular weight excluding hydrogens is 316 g/mol. The maximum Gasteiger partial charge on any atom is 0.237 e. The highest BCUT2D eigenvalue weighted by Crippen LogP contribution is 2.35. The molecule has 2 unspecified atom stereocenters. The summed E-state index contributed by atoms with van der Waals surface area (Å²) in [6.07, 6.45) is 3.71. The summed E-state index contributed by atoms with van der Waals surface area (Å²) in [5.41, 5.74) is 1.12. The molecule has 1 fully saturated rings. The van der Waals surface area contributed by atoms with Crippen molar-refractivity contribution in [1.82, 2.24) is 10.2 Å². The van der Waals surface area contributed by atoms with Crippen molar-refractivity contribution in [2.24, 2.45) is 5.41 Å². The van der Waals surface area contributed by atoms with Gasteiger partial charge in [-0.25, -0.2) is 0 Å². The lowest BCUT2D eigenvalue weighted by Gasteiger charge is -2.42. The zero-order valence-electron chi connectivity index (χ0n) is 15.3. The minimum atomic E-state index is -0.149. The van der Waals surface area contributed by atoms with Crippen molar-refractivity contribution in [3.05, 3.63) is 29.8 Å². The van der Waals surface area contributed by atoms with Gasteiger partial charge in [-0.2, -0.15) is 0 Å². The second-order valence-electron chi connectivity index (χ2n) is 7.46. The Hall–Kier alpha value is -1.59. The van der Waals surface area contributed by atoms with Crippen molar-refractivity contribution < 1.29 is 14.6 Å². The first-order valence-electron chi connectivity index (χ1n) is 9.45. The third-order valence-corrected chi connectivity index (χ3v) is 6.15. The van der Waals surface area contributed by atoms with Gasteiger partial charge in [0.05, 0.1) is 18.7 Å². The van der Waals surface area contributed by atoms with E-state index in [1.54, 1.807) is 0 Å². The summed E-state index contributed by atoms with van der Waals surface area (Å²) in [6, 6.07) is 7.81. The third kappa shape index (κ3) is 3.82. The maximum atomic E-state index is 12.8. The van der Waals surface area contributed by atoms with Crippen LogP contribution in [0.3, 0.4) is 0 Å². The van der Waals surface area contributed by atoms with Crippen LogP contribution in [-0.4, -0.2) is 48.3 Å². The van der Waals surface area contributed by atoms with Gasteiger partial charge in [-0.3, -0.25) is 9.69 Å².